The number of carbonyl (C=O) groups excluding carboxylic acids is 3. The molecule has 0 bridgehead atoms. The molecule has 1 aliphatic heterocycles. The minimum atomic E-state index is -4.02. The fraction of sp³-hybridized carbons (Fsp3) is 0.464. The lowest BCUT2D eigenvalue weighted by molar-refractivity contribution is -0.124. The van der Waals surface area contributed by atoms with Crippen molar-refractivity contribution in [3.63, 3.8) is 0 Å². The van der Waals surface area contributed by atoms with E-state index in [1.54, 1.807) is 46.8 Å². The number of hydrogen-bond donors (Lipinski definition) is 4. The highest BCUT2D eigenvalue weighted by Crippen LogP contribution is 2.21. The highest BCUT2D eigenvalue weighted by molar-refractivity contribution is 7.92. The number of guanidine groups is 1. The monoisotopic (exact) mass is 633 g/mol. The van der Waals surface area contributed by atoms with Gasteiger partial charge >= 0.3 is 6.09 Å². The van der Waals surface area contributed by atoms with Crippen molar-refractivity contribution in [2.75, 3.05) is 24.4 Å². The van der Waals surface area contributed by atoms with E-state index in [1.165, 1.54) is 29.2 Å². The topological polar surface area (TPSA) is 204 Å². The van der Waals surface area contributed by atoms with E-state index in [2.05, 4.69) is 20.5 Å². The van der Waals surface area contributed by atoms with Crippen LogP contribution in [0.15, 0.2) is 51.2 Å². The molecule has 3 rings (SSSR count). The summed E-state index contributed by atoms with van der Waals surface area (Å²) in [5.41, 5.74) is 5.32. The number of carbonyl (C=O) groups is 3. The second kappa shape index (κ2) is 14.2. The minimum Gasteiger partial charge on any atom is -0.444 e. The molecular weight excluding hydrogens is 594 g/mol. The number of rotatable bonds is 10. The van der Waals surface area contributed by atoms with Gasteiger partial charge in [0, 0.05) is 12.2 Å². The first kappa shape index (κ1) is 33.9. The summed E-state index contributed by atoms with van der Waals surface area (Å²) in [5.74, 6) is -1.40. The van der Waals surface area contributed by atoms with Gasteiger partial charge in [0.25, 0.3) is 15.6 Å². The van der Waals surface area contributed by atoms with Crippen LogP contribution >= 0.6 is 0 Å². The molecule has 44 heavy (non-hydrogen) atoms. The van der Waals surface area contributed by atoms with Crippen LogP contribution in [0.3, 0.4) is 0 Å². The zero-order valence-corrected chi connectivity index (χ0v) is 26.2. The highest BCUT2D eigenvalue weighted by Gasteiger charge is 2.36. The zero-order valence-electron chi connectivity index (χ0n) is 25.4. The van der Waals surface area contributed by atoms with Crippen LogP contribution < -0.4 is 26.6 Å². The van der Waals surface area contributed by atoms with E-state index in [-0.39, 0.29) is 36.2 Å². The lowest BCUT2D eigenvalue weighted by Gasteiger charge is -2.27. The van der Waals surface area contributed by atoms with E-state index >= 15 is 0 Å². The van der Waals surface area contributed by atoms with Crippen molar-refractivity contribution >= 4 is 39.6 Å². The number of oxime groups is 1. The molecule has 16 heteroatoms. The van der Waals surface area contributed by atoms with Gasteiger partial charge in [-0.25, -0.2) is 13.2 Å². The van der Waals surface area contributed by atoms with Crippen molar-refractivity contribution in [2.24, 2.45) is 10.9 Å². The maximum absolute atomic E-state index is 13.0. The Bertz CT molecular complexity index is 1580. The number of aryl methyl sites for hydroxylation is 2. The average molecular weight is 634 g/mol. The van der Waals surface area contributed by atoms with Crippen LogP contribution in [-0.2, 0) is 35.7 Å². The molecule has 240 valence electrons. The Morgan fingerprint density at radius 1 is 1.14 bits per heavy atom. The fourth-order valence-corrected chi connectivity index (χ4v) is 5.45. The van der Waals surface area contributed by atoms with Crippen LogP contribution in [0.4, 0.5) is 10.5 Å². The Labute approximate surface area is 255 Å². The van der Waals surface area contributed by atoms with Gasteiger partial charge in [-0.15, -0.1) is 0 Å². The van der Waals surface area contributed by atoms with E-state index in [0.29, 0.717) is 25.1 Å². The average Bonchev–Trinajstić information content (AvgIpc) is 3.42. The van der Waals surface area contributed by atoms with Crippen molar-refractivity contribution in [1.29, 1.82) is 0 Å². The molecule has 2 aromatic rings. The van der Waals surface area contributed by atoms with Gasteiger partial charge in [0.1, 0.15) is 30.5 Å². The van der Waals surface area contributed by atoms with Gasteiger partial charge in [-0.3, -0.25) is 29.3 Å². The zero-order chi connectivity index (χ0) is 32.7. The maximum atomic E-state index is 13.0. The van der Waals surface area contributed by atoms with Crippen molar-refractivity contribution in [2.45, 2.75) is 70.5 Å². The van der Waals surface area contributed by atoms with Crippen LogP contribution in [0.2, 0.25) is 0 Å². The third-order valence-corrected chi connectivity index (χ3v) is 7.71. The molecular formula is C28H39N7O8S. The first-order valence-electron chi connectivity index (χ1n) is 13.9. The van der Waals surface area contributed by atoms with Crippen LogP contribution in [0.1, 0.15) is 44.9 Å². The molecule has 1 aliphatic rings. The predicted octanol–water partition coefficient (Wildman–Crippen LogP) is 1.14. The van der Waals surface area contributed by atoms with Crippen molar-refractivity contribution < 1.29 is 32.4 Å². The summed E-state index contributed by atoms with van der Waals surface area (Å²) in [6, 6.07) is 8.34. The van der Waals surface area contributed by atoms with E-state index < -0.39 is 45.1 Å². The normalized spacial score (nSPS) is 15.4. The SMILES string of the molecule is Cc1cccc(S(=O)(=O)Nc2ccc(C)n(CC(=O)NCCO/N=C(\N)NC(=O)[C@@H]3CCCN3C(=O)OC(C)(C)C)c2=O)c1. The van der Waals surface area contributed by atoms with Gasteiger partial charge in [-0.1, -0.05) is 12.1 Å². The molecule has 0 aliphatic carbocycles. The van der Waals surface area contributed by atoms with E-state index in [9.17, 15) is 27.6 Å². The molecule has 15 nitrogen and oxygen atoms in total. The number of sulfonamides is 1. The molecule has 1 saturated heterocycles. The molecule has 3 amide bonds. The van der Waals surface area contributed by atoms with Gasteiger partial charge in [0.15, 0.2) is 0 Å². The summed E-state index contributed by atoms with van der Waals surface area (Å²) in [6.07, 6.45) is 0.476. The lowest BCUT2D eigenvalue weighted by Crippen LogP contribution is -2.50. The summed E-state index contributed by atoms with van der Waals surface area (Å²) in [4.78, 5) is 56.9. The number of aromatic nitrogens is 1. The smallest absolute Gasteiger partial charge is 0.410 e. The van der Waals surface area contributed by atoms with Crippen molar-refractivity contribution in [3.05, 3.63) is 58.0 Å². The molecule has 0 radical (unpaired) electrons. The Balaban J connectivity index is 1.49. The summed E-state index contributed by atoms with van der Waals surface area (Å²) < 4.78 is 34.3. The van der Waals surface area contributed by atoms with E-state index in [1.807, 2.05) is 0 Å². The van der Waals surface area contributed by atoms with Crippen LogP contribution in [-0.4, -0.2) is 73.1 Å². The molecule has 0 saturated carbocycles. The van der Waals surface area contributed by atoms with Crippen molar-refractivity contribution in [3.8, 4) is 0 Å². The number of hydrogen-bond acceptors (Lipinski definition) is 9. The standard InChI is InChI=1S/C28H39N7O8S/c1-18-8-6-9-20(16-18)44(40,41)33-21-12-11-19(2)35(25(21)38)17-23(36)30-13-15-42-32-26(29)31-24(37)22-10-7-14-34(22)27(39)43-28(3,4)5/h6,8-9,11-12,16,22,33H,7,10,13-15,17H2,1-5H3,(H,30,36)(H3,29,31,32,37)/t22-/m0/s1. The Morgan fingerprint density at radius 3 is 2.55 bits per heavy atom. The molecule has 1 aromatic carbocycles. The summed E-state index contributed by atoms with van der Waals surface area (Å²) >= 11 is 0. The predicted molar refractivity (Wildman–Crippen MR) is 162 cm³/mol. The molecule has 1 aromatic heterocycles. The lowest BCUT2D eigenvalue weighted by atomic mass is 10.2. The largest absolute Gasteiger partial charge is 0.444 e. The van der Waals surface area contributed by atoms with Crippen molar-refractivity contribution in [1.82, 2.24) is 20.1 Å². The number of anilines is 1. The molecule has 5 N–H and O–H groups in total. The van der Waals surface area contributed by atoms with Gasteiger partial charge in [-0.2, -0.15) is 0 Å². The van der Waals surface area contributed by atoms with E-state index in [0.717, 1.165) is 10.1 Å². The second-order valence-corrected chi connectivity index (χ2v) is 12.9. The number of pyridine rings is 1. The van der Waals surface area contributed by atoms with Gasteiger partial charge < -0.3 is 25.2 Å². The minimum absolute atomic E-state index is 0.00550. The molecule has 1 atom stereocenters. The number of nitrogens with two attached hydrogens (primary N) is 1. The summed E-state index contributed by atoms with van der Waals surface area (Å²) in [5, 5.41) is 8.56. The molecule has 0 unspecified atom stereocenters. The Morgan fingerprint density at radius 2 is 1.86 bits per heavy atom. The number of amides is 3. The van der Waals surface area contributed by atoms with Gasteiger partial charge in [0.05, 0.1) is 11.4 Å². The molecule has 1 fully saturated rings. The number of ether oxygens (including phenoxy) is 1. The summed E-state index contributed by atoms with van der Waals surface area (Å²) in [6.45, 7) is 8.45. The number of nitrogens with one attached hydrogen (secondary N) is 3. The third-order valence-electron chi connectivity index (χ3n) is 6.35. The van der Waals surface area contributed by atoms with Crippen LogP contribution in [0.5, 0.6) is 0 Å². The number of nitrogens with zero attached hydrogens (tertiary/aromatic N) is 3. The number of likely N-dealkylation sites (tertiary alicyclic amines) is 1. The quantitative estimate of drug-likeness (QED) is 0.128. The van der Waals surface area contributed by atoms with Gasteiger partial charge in [0.2, 0.25) is 17.8 Å². The third kappa shape index (κ3) is 9.45. The number of benzene rings is 1. The summed E-state index contributed by atoms with van der Waals surface area (Å²) in [7, 11) is -4.02. The second-order valence-electron chi connectivity index (χ2n) is 11.2. The molecule has 2 heterocycles. The fourth-order valence-electron chi connectivity index (χ4n) is 4.29. The van der Waals surface area contributed by atoms with Crippen LogP contribution in [0.25, 0.3) is 0 Å². The van der Waals surface area contributed by atoms with E-state index in [4.69, 9.17) is 15.3 Å². The maximum Gasteiger partial charge on any atom is 0.410 e. The Kier molecular flexibility index (Phi) is 11.0. The Hall–Kier alpha value is -4.60. The highest BCUT2D eigenvalue weighted by atomic mass is 32.2. The first-order valence-corrected chi connectivity index (χ1v) is 15.4. The first-order chi connectivity index (χ1) is 20.6. The van der Waals surface area contributed by atoms with Crippen LogP contribution in [0, 0.1) is 13.8 Å². The van der Waals surface area contributed by atoms with Gasteiger partial charge in [-0.05, 0) is 82.4 Å². The molecule has 0 spiro atoms.